The first kappa shape index (κ1) is 14.1. The van der Waals surface area contributed by atoms with E-state index in [4.69, 9.17) is 0 Å². The fourth-order valence-electron chi connectivity index (χ4n) is 3.08. The van der Waals surface area contributed by atoms with Gasteiger partial charge < -0.3 is 5.32 Å². The molecule has 0 amide bonds. The van der Waals surface area contributed by atoms with Crippen LogP contribution in [0, 0.1) is 5.41 Å². The maximum atomic E-state index is 3.69. The van der Waals surface area contributed by atoms with E-state index in [1.54, 1.807) is 4.88 Å². The Bertz CT molecular complexity index is 323. The summed E-state index contributed by atoms with van der Waals surface area (Å²) in [7, 11) is 0. The lowest BCUT2D eigenvalue weighted by Crippen LogP contribution is -2.39. The summed E-state index contributed by atoms with van der Waals surface area (Å²) < 4.78 is 0. The van der Waals surface area contributed by atoms with Gasteiger partial charge in [0.25, 0.3) is 0 Å². The molecule has 0 saturated heterocycles. The van der Waals surface area contributed by atoms with Crippen LogP contribution in [-0.4, -0.2) is 12.6 Å². The van der Waals surface area contributed by atoms with Crippen molar-refractivity contribution in [1.82, 2.24) is 5.32 Å². The number of hydrogen-bond acceptors (Lipinski definition) is 2. The zero-order valence-corrected chi connectivity index (χ0v) is 12.7. The minimum absolute atomic E-state index is 0.576. The van der Waals surface area contributed by atoms with E-state index in [2.05, 4.69) is 36.7 Å². The van der Waals surface area contributed by atoms with E-state index in [1.165, 1.54) is 51.5 Å². The summed E-state index contributed by atoms with van der Waals surface area (Å²) in [4.78, 5) is 1.56. The summed E-state index contributed by atoms with van der Waals surface area (Å²) in [5.41, 5.74) is 0.576. The molecule has 1 aromatic rings. The Balaban J connectivity index is 1.91. The normalized spacial score (nSPS) is 19.3. The van der Waals surface area contributed by atoms with Crippen LogP contribution in [-0.2, 0) is 6.42 Å². The van der Waals surface area contributed by atoms with E-state index in [0.717, 1.165) is 0 Å². The van der Waals surface area contributed by atoms with E-state index in [1.807, 2.05) is 11.3 Å². The molecule has 0 bridgehead atoms. The third kappa shape index (κ3) is 4.10. The van der Waals surface area contributed by atoms with Crippen molar-refractivity contribution in [2.24, 2.45) is 5.41 Å². The zero-order valence-electron chi connectivity index (χ0n) is 11.9. The second-order valence-electron chi connectivity index (χ2n) is 6.18. The van der Waals surface area contributed by atoms with Crippen LogP contribution in [0.2, 0.25) is 0 Å². The topological polar surface area (TPSA) is 12.0 Å². The lowest BCUT2D eigenvalue weighted by atomic mass is 9.71. The van der Waals surface area contributed by atoms with Crippen LogP contribution in [0.1, 0.15) is 57.2 Å². The van der Waals surface area contributed by atoms with Gasteiger partial charge in [0.15, 0.2) is 0 Å². The van der Waals surface area contributed by atoms with Crippen LogP contribution >= 0.6 is 11.3 Å². The van der Waals surface area contributed by atoms with Crippen molar-refractivity contribution in [3.8, 4) is 0 Å². The Labute approximate surface area is 116 Å². The lowest BCUT2D eigenvalue weighted by molar-refractivity contribution is 0.163. The molecule has 0 aromatic carbocycles. The van der Waals surface area contributed by atoms with Gasteiger partial charge in [0.2, 0.25) is 0 Å². The Morgan fingerprint density at radius 3 is 2.67 bits per heavy atom. The van der Waals surface area contributed by atoms with Crippen LogP contribution in [0.15, 0.2) is 17.5 Å². The average Bonchev–Trinajstić information content (AvgIpc) is 2.89. The van der Waals surface area contributed by atoms with Gasteiger partial charge in [0.05, 0.1) is 0 Å². The Kier molecular flexibility index (Phi) is 5.25. The molecule has 0 spiro atoms. The highest BCUT2D eigenvalue weighted by Crippen LogP contribution is 2.40. The predicted octanol–water partition coefficient (Wildman–Crippen LogP) is 4.63. The molecule has 0 radical (unpaired) electrons. The zero-order chi connectivity index (χ0) is 12.8. The summed E-state index contributed by atoms with van der Waals surface area (Å²) in [5.74, 6) is 0. The van der Waals surface area contributed by atoms with Gasteiger partial charge in [-0.2, -0.15) is 0 Å². The summed E-state index contributed by atoms with van der Waals surface area (Å²) in [6.07, 6.45) is 9.82. The third-order valence-electron chi connectivity index (χ3n) is 4.28. The van der Waals surface area contributed by atoms with Gasteiger partial charge in [0, 0.05) is 17.5 Å². The molecule has 1 N–H and O–H groups in total. The highest BCUT2D eigenvalue weighted by atomic mass is 32.1. The van der Waals surface area contributed by atoms with Gasteiger partial charge in [0.1, 0.15) is 0 Å². The first-order valence-corrected chi connectivity index (χ1v) is 8.34. The van der Waals surface area contributed by atoms with Crippen molar-refractivity contribution in [2.75, 3.05) is 6.54 Å². The number of aryl methyl sites for hydroxylation is 1. The van der Waals surface area contributed by atoms with Crippen LogP contribution in [0.5, 0.6) is 0 Å². The third-order valence-corrected chi connectivity index (χ3v) is 5.22. The molecule has 1 aliphatic rings. The maximum Gasteiger partial charge on any atom is 0.00454 e. The van der Waals surface area contributed by atoms with Crippen molar-refractivity contribution in [3.05, 3.63) is 22.4 Å². The van der Waals surface area contributed by atoms with Crippen LogP contribution in [0.4, 0.5) is 0 Å². The molecule has 1 aromatic heterocycles. The highest BCUT2D eigenvalue weighted by molar-refractivity contribution is 7.09. The van der Waals surface area contributed by atoms with Crippen molar-refractivity contribution in [1.29, 1.82) is 0 Å². The first-order chi connectivity index (χ1) is 8.70. The SMILES string of the molecule is CC(C)NCC1(CCc2cccs2)CCCCC1. The van der Waals surface area contributed by atoms with E-state index in [0.29, 0.717) is 11.5 Å². The molecule has 0 atom stereocenters. The molecule has 102 valence electrons. The molecule has 0 aliphatic heterocycles. The fraction of sp³-hybridized carbons (Fsp3) is 0.750. The highest BCUT2D eigenvalue weighted by Gasteiger charge is 2.31. The Morgan fingerprint density at radius 1 is 1.28 bits per heavy atom. The van der Waals surface area contributed by atoms with Crippen LogP contribution in [0.25, 0.3) is 0 Å². The molecule has 0 unspecified atom stereocenters. The second-order valence-corrected chi connectivity index (χ2v) is 7.21. The van der Waals surface area contributed by atoms with Gasteiger partial charge in [-0.25, -0.2) is 0 Å². The molecule has 1 saturated carbocycles. The summed E-state index contributed by atoms with van der Waals surface area (Å²) in [6.45, 7) is 5.74. The minimum atomic E-state index is 0.576. The summed E-state index contributed by atoms with van der Waals surface area (Å²) in [6, 6.07) is 5.09. The summed E-state index contributed by atoms with van der Waals surface area (Å²) >= 11 is 1.91. The first-order valence-electron chi connectivity index (χ1n) is 7.46. The van der Waals surface area contributed by atoms with Crippen molar-refractivity contribution < 1.29 is 0 Å². The van der Waals surface area contributed by atoms with E-state index >= 15 is 0 Å². The molecular weight excluding hydrogens is 238 g/mol. The van der Waals surface area contributed by atoms with Crippen LogP contribution in [0.3, 0.4) is 0 Å². The van der Waals surface area contributed by atoms with E-state index in [-0.39, 0.29) is 0 Å². The molecule has 1 nitrogen and oxygen atoms in total. The van der Waals surface area contributed by atoms with Gasteiger partial charge >= 0.3 is 0 Å². The standard InChI is InChI=1S/C16H27NS/c1-14(2)17-13-16(9-4-3-5-10-16)11-8-15-7-6-12-18-15/h6-7,12,14,17H,3-5,8-11,13H2,1-2H3. The molecule has 1 aliphatic carbocycles. The number of thiophene rings is 1. The molecule has 1 fully saturated rings. The molecule has 1 heterocycles. The smallest absolute Gasteiger partial charge is 0.00454 e. The van der Waals surface area contributed by atoms with Crippen molar-refractivity contribution in [2.45, 2.75) is 64.8 Å². The van der Waals surface area contributed by atoms with Crippen LogP contribution < -0.4 is 5.32 Å². The molecule has 18 heavy (non-hydrogen) atoms. The predicted molar refractivity (Wildman–Crippen MR) is 81.3 cm³/mol. The number of nitrogens with one attached hydrogen (secondary N) is 1. The van der Waals surface area contributed by atoms with E-state index < -0.39 is 0 Å². The second kappa shape index (κ2) is 6.72. The van der Waals surface area contributed by atoms with Gasteiger partial charge in [-0.05, 0) is 42.5 Å². The van der Waals surface area contributed by atoms with Gasteiger partial charge in [-0.3, -0.25) is 0 Å². The maximum absolute atomic E-state index is 3.69. The number of rotatable bonds is 6. The van der Waals surface area contributed by atoms with E-state index in [9.17, 15) is 0 Å². The van der Waals surface area contributed by atoms with Crippen molar-refractivity contribution in [3.63, 3.8) is 0 Å². The molecule has 2 rings (SSSR count). The van der Waals surface area contributed by atoms with Crippen molar-refractivity contribution >= 4 is 11.3 Å². The largest absolute Gasteiger partial charge is 0.314 e. The average molecular weight is 265 g/mol. The lowest BCUT2D eigenvalue weighted by Gasteiger charge is -2.38. The van der Waals surface area contributed by atoms with Gasteiger partial charge in [-0.15, -0.1) is 11.3 Å². The fourth-order valence-corrected chi connectivity index (χ4v) is 3.79. The molecular formula is C16H27NS. The van der Waals surface area contributed by atoms with Gasteiger partial charge in [-0.1, -0.05) is 39.2 Å². The minimum Gasteiger partial charge on any atom is -0.314 e. The quantitative estimate of drug-likeness (QED) is 0.791. The molecule has 2 heteroatoms. The monoisotopic (exact) mass is 265 g/mol. The number of hydrogen-bond donors (Lipinski definition) is 1. The summed E-state index contributed by atoms with van der Waals surface area (Å²) in [5, 5.41) is 5.89. The Morgan fingerprint density at radius 2 is 2.06 bits per heavy atom. The Hall–Kier alpha value is -0.340.